The number of ether oxygens (including phenoxy) is 2. The molecule has 2 heterocycles. The smallest absolute Gasteiger partial charge is 0.411 e. The maximum absolute atomic E-state index is 12.8. The Bertz CT molecular complexity index is 622. The summed E-state index contributed by atoms with van der Waals surface area (Å²) in [4.78, 5) is 38.9. The fraction of sp³-hybridized carbons (Fsp3) is 0.750. The summed E-state index contributed by atoms with van der Waals surface area (Å²) in [6, 6.07) is -1.47. The number of carbonyl (C=O) groups is 3. The molecular formula is C20H32N2O5. The quantitative estimate of drug-likeness (QED) is 0.599. The highest BCUT2D eigenvalue weighted by Crippen LogP contribution is 2.40. The number of rotatable bonds is 4. The molecule has 2 aliphatic heterocycles. The van der Waals surface area contributed by atoms with E-state index in [2.05, 4.69) is 5.32 Å². The minimum absolute atomic E-state index is 0.0276. The largest absolute Gasteiger partial charge is 0.458 e. The van der Waals surface area contributed by atoms with Crippen molar-refractivity contribution in [3.05, 3.63) is 12.2 Å². The number of nitrogens with one attached hydrogen (secondary N) is 1. The molecule has 2 fully saturated rings. The van der Waals surface area contributed by atoms with Crippen molar-refractivity contribution in [3.63, 3.8) is 0 Å². The fourth-order valence-corrected chi connectivity index (χ4v) is 4.03. The number of hydrogen-bond donors (Lipinski definition) is 1. The molecule has 0 aromatic rings. The molecule has 152 valence electrons. The first kappa shape index (κ1) is 21.3. The Labute approximate surface area is 161 Å². The topological polar surface area (TPSA) is 84.9 Å². The van der Waals surface area contributed by atoms with E-state index in [0.29, 0.717) is 6.42 Å². The van der Waals surface area contributed by atoms with Crippen molar-refractivity contribution in [2.45, 2.75) is 84.7 Å². The number of hydrogen-bond acceptors (Lipinski definition) is 5. The fourth-order valence-electron chi connectivity index (χ4n) is 4.03. The standard InChI is InChI=1S/C20H32N2O5/c1-8-9-13-10-14(18(24)27-20(5,6)7)22-16(13)15(21-12(4)23)17(11(2)3)26-19(22)25/h8-9,11,13-17H,10H2,1-7H3,(H,21,23)/b9-8-/t13-,14-,15-,16-,17+/m1/s1. The maximum Gasteiger partial charge on any atom is 0.411 e. The van der Waals surface area contributed by atoms with Crippen molar-refractivity contribution in [2.75, 3.05) is 0 Å². The van der Waals surface area contributed by atoms with Crippen LogP contribution >= 0.6 is 0 Å². The first-order valence-corrected chi connectivity index (χ1v) is 9.58. The molecule has 0 bridgehead atoms. The minimum atomic E-state index is -0.729. The Morgan fingerprint density at radius 1 is 1.33 bits per heavy atom. The van der Waals surface area contributed by atoms with Crippen LogP contribution in [0, 0.1) is 11.8 Å². The van der Waals surface area contributed by atoms with Crippen LogP contribution in [0.5, 0.6) is 0 Å². The second-order valence-corrected chi connectivity index (χ2v) is 8.69. The van der Waals surface area contributed by atoms with Crippen molar-refractivity contribution in [2.24, 2.45) is 11.8 Å². The van der Waals surface area contributed by atoms with E-state index >= 15 is 0 Å². The molecule has 0 aliphatic carbocycles. The highest BCUT2D eigenvalue weighted by atomic mass is 16.6. The van der Waals surface area contributed by atoms with Crippen LogP contribution in [0.25, 0.3) is 0 Å². The molecule has 0 aromatic carbocycles. The maximum atomic E-state index is 12.8. The van der Waals surface area contributed by atoms with Crippen LogP contribution in [-0.4, -0.2) is 52.7 Å². The van der Waals surface area contributed by atoms with Crippen LogP contribution in [0.4, 0.5) is 4.79 Å². The summed E-state index contributed by atoms with van der Waals surface area (Å²) < 4.78 is 11.2. The third-order valence-electron chi connectivity index (χ3n) is 4.91. The van der Waals surface area contributed by atoms with Crippen molar-refractivity contribution >= 4 is 18.0 Å². The summed E-state index contributed by atoms with van der Waals surface area (Å²) in [6.45, 7) is 12.6. The molecule has 7 heteroatoms. The zero-order valence-electron chi connectivity index (χ0n) is 17.3. The molecule has 2 amide bonds. The lowest BCUT2D eigenvalue weighted by Crippen LogP contribution is -2.66. The van der Waals surface area contributed by atoms with Gasteiger partial charge in [0.2, 0.25) is 5.91 Å². The van der Waals surface area contributed by atoms with E-state index in [1.54, 1.807) is 20.8 Å². The molecule has 2 saturated heterocycles. The Hall–Kier alpha value is -2.05. The monoisotopic (exact) mass is 380 g/mol. The van der Waals surface area contributed by atoms with E-state index in [1.807, 2.05) is 32.9 Å². The van der Waals surface area contributed by atoms with Gasteiger partial charge in [-0.25, -0.2) is 9.59 Å². The summed E-state index contributed by atoms with van der Waals surface area (Å²) in [5, 5.41) is 2.96. The number of amides is 2. The molecule has 0 radical (unpaired) electrons. The highest BCUT2D eigenvalue weighted by Gasteiger charge is 2.57. The van der Waals surface area contributed by atoms with E-state index in [-0.39, 0.29) is 23.8 Å². The average Bonchev–Trinajstić information content (AvgIpc) is 2.88. The van der Waals surface area contributed by atoms with E-state index in [4.69, 9.17) is 9.47 Å². The molecule has 0 saturated carbocycles. The normalized spacial score (nSPS) is 31.0. The Kier molecular flexibility index (Phi) is 6.22. The van der Waals surface area contributed by atoms with Gasteiger partial charge in [-0.05, 0) is 40.0 Å². The van der Waals surface area contributed by atoms with Gasteiger partial charge < -0.3 is 14.8 Å². The first-order valence-electron chi connectivity index (χ1n) is 9.58. The highest BCUT2D eigenvalue weighted by molar-refractivity contribution is 5.84. The zero-order valence-corrected chi connectivity index (χ0v) is 17.3. The van der Waals surface area contributed by atoms with Crippen LogP contribution in [-0.2, 0) is 19.1 Å². The van der Waals surface area contributed by atoms with Gasteiger partial charge in [-0.15, -0.1) is 0 Å². The predicted octanol–water partition coefficient (Wildman–Crippen LogP) is 2.64. The molecule has 2 rings (SSSR count). The Morgan fingerprint density at radius 3 is 2.44 bits per heavy atom. The van der Waals surface area contributed by atoms with Gasteiger partial charge in [0.1, 0.15) is 17.7 Å². The number of cyclic esters (lactones) is 1. The number of fused-ring (bicyclic) bond motifs is 1. The molecule has 7 nitrogen and oxygen atoms in total. The van der Waals surface area contributed by atoms with E-state index in [9.17, 15) is 14.4 Å². The predicted molar refractivity (Wildman–Crippen MR) is 101 cm³/mol. The molecule has 27 heavy (non-hydrogen) atoms. The first-order chi connectivity index (χ1) is 12.5. The molecule has 1 N–H and O–H groups in total. The van der Waals surface area contributed by atoms with Crippen molar-refractivity contribution in [1.82, 2.24) is 10.2 Å². The molecular weight excluding hydrogens is 348 g/mol. The zero-order chi connectivity index (χ0) is 20.5. The van der Waals surface area contributed by atoms with Gasteiger partial charge in [0.15, 0.2) is 0 Å². The third kappa shape index (κ3) is 4.62. The molecule has 0 aromatic heterocycles. The van der Waals surface area contributed by atoms with Gasteiger partial charge in [-0.1, -0.05) is 26.0 Å². The van der Waals surface area contributed by atoms with E-state index < -0.39 is 35.9 Å². The summed E-state index contributed by atoms with van der Waals surface area (Å²) in [6.07, 6.45) is 3.37. The number of allylic oxidation sites excluding steroid dienone is 1. The molecule has 0 spiro atoms. The summed E-state index contributed by atoms with van der Waals surface area (Å²) >= 11 is 0. The number of carbonyl (C=O) groups excluding carboxylic acids is 3. The van der Waals surface area contributed by atoms with Crippen LogP contribution in [0.3, 0.4) is 0 Å². The molecule has 5 atom stereocenters. The number of esters is 1. The van der Waals surface area contributed by atoms with Crippen molar-refractivity contribution in [3.8, 4) is 0 Å². The average molecular weight is 380 g/mol. The van der Waals surface area contributed by atoms with E-state index in [0.717, 1.165) is 0 Å². The number of nitrogens with zero attached hydrogens (tertiary/aromatic N) is 1. The van der Waals surface area contributed by atoms with Crippen LogP contribution in [0.1, 0.15) is 54.9 Å². The molecule has 2 aliphatic rings. The van der Waals surface area contributed by atoms with Crippen LogP contribution < -0.4 is 5.32 Å². The van der Waals surface area contributed by atoms with Crippen LogP contribution in [0.15, 0.2) is 12.2 Å². The lowest BCUT2D eigenvalue weighted by Gasteiger charge is -2.45. The van der Waals surface area contributed by atoms with Gasteiger partial charge >= 0.3 is 12.1 Å². The van der Waals surface area contributed by atoms with Crippen molar-refractivity contribution < 1.29 is 23.9 Å². The van der Waals surface area contributed by atoms with Crippen molar-refractivity contribution in [1.29, 1.82) is 0 Å². The summed E-state index contributed by atoms with van der Waals surface area (Å²) in [5.74, 6) is -0.678. The Balaban J connectivity index is 2.43. The second kappa shape index (κ2) is 7.90. The van der Waals surface area contributed by atoms with Gasteiger partial charge in [0.05, 0.1) is 12.1 Å². The van der Waals surface area contributed by atoms with Gasteiger partial charge in [-0.2, -0.15) is 0 Å². The Morgan fingerprint density at radius 2 is 1.96 bits per heavy atom. The third-order valence-corrected chi connectivity index (χ3v) is 4.91. The lowest BCUT2D eigenvalue weighted by molar-refractivity contribution is -0.161. The van der Waals surface area contributed by atoms with Gasteiger partial charge in [0, 0.05) is 12.8 Å². The van der Waals surface area contributed by atoms with E-state index in [1.165, 1.54) is 11.8 Å². The SMILES string of the molecule is C/C=C\[C@@H]1C[C@H](C(=O)OC(C)(C)C)N2C(=O)O[C@@H](C(C)C)[C@H](NC(C)=O)[C@@H]12. The minimum Gasteiger partial charge on any atom is -0.458 e. The lowest BCUT2D eigenvalue weighted by atomic mass is 9.85. The van der Waals surface area contributed by atoms with Crippen LogP contribution in [0.2, 0.25) is 0 Å². The van der Waals surface area contributed by atoms with Gasteiger partial charge in [-0.3, -0.25) is 9.69 Å². The molecule has 0 unspecified atom stereocenters. The summed E-state index contributed by atoms with van der Waals surface area (Å²) in [5.41, 5.74) is -0.650. The van der Waals surface area contributed by atoms with Gasteiger partial charge in [0.25, 0.3) is 0 Å². The second-order valence-electron chi connectivity index (χ2n) is 8.69. The summed E-state index contributed by atoms with van der Waals surface area (Å²) in [7, 11) is 0.